The third-order valence-corrected chi connectivity index (χ3v) is 2.78. The lowest BCUT2D eigenvalue weighted by Gasteiger charge is -1.98. The number of carbonyl (C=O) groups is 1. The monoisotopic (exact) mass is 236 g/mol. The Balaban J connectivity index is 3.09. The molecule has 0 aliphatic heterocycles. The van der Waals surface area contributed by atoms with Crippen molar-refractivity contribution in [1.82, 2.24) is 0 Å². The molecule has 0 saturated carbocycles. The van der Waals surface area contributed by atoms with Crippen LogP contribution in [0.3, 0.4) is 0 Å². The fourth-order valence-corrected chi connectivity index (χ4v) is 1.71. The van der Waals surface area contributed by atoms with Gasteiger partial charge in [0.2, 0.25) is 0 Å². The van der Waals surface area contributed by atoms with Crippen LogP contribution in [0, 0.1) is 0 Å². The Labute approximate surface area is 107 Å². The van der Waals surface area contributed by atoms with Crippen molar-refractivity contribution in [2.24, 2.45) is 0 Å². The van der Waals surface area contributed by atoms with E-state index in [1.165, 1.54) is 51.4 Å². The van der Waals surface area contributed by atoms with Crippen LogP contribution < -0.4 is 0 Å². The van der Waals surface area contributed by atoms with E-state index in [1.807, 2.05) is 0 Å². The van der Waals surface area contributed by atoms with Crippen molar-refractivity contribution in [2.75, 3.05) is 0 Å². The Morgan fingerprint density at radius 1 is 0.706 bits per heavy atom. The summed E-state index contributed by atoms with van der Waals surface area (Å²) in [6.45, 7) is 2.20. The minimum Gasteiger partial charge on any atom is -0.303 e. The normalized spacial score (nSPS) is 11.6. The first-order valence-electron chi connectivity index (χ1n) is 7.17. The van der Waals surface area contributed by atoms with Crippen molar-refractivity contribution >= 4 is 6.29 Å². The fourth-order valence-electron chi connectivity index (χ4n) is 1.71. The van der Waals surface area contributed by atoms with Crippen LogP contribution in [0.4, 0.5) is 0 Å². The van der Waals surface area contributed by atoms with E-state index >= 15 is 0 Å². The zero-order valence-electron chi connectivity index (χ0n) is 11.4. The first-order chi connectivity index (χ1) is 8.41. The summed E-state index contributed by atoms with van der Waals surface area (Å²) in [5, 5.41) is 0. The lowest BCUT2D eigenvalue weighted by Crippen LogP contribution is -1.80. The first-order valence-corrected chi connectivity index (χ1v) is 7.17. The van der Waals surface area contributed by atoms with Crippen molar-refractivity contribution in [3.63, 3.8) is 0 Å². The Bertz CT molecular complexity index is 204. The third-order valence-electron chi connectivity index (χ3n) is 2.78. The average Bonchev–Trinajstić information content (AvgIpc) is 2.35. The first kappa shape index (κ1) is 16.1. The SMILES string of the molecule is CCC/C=C/C=C/CCCCCCCCC=O. The molecule has 0 bridgehead atoms. The summed E-state index contributed by atoms with van der Waals surface area (Å²) in [6.07, 6.45) is 21.7. The molecule has 0 aliphatic rings. The number of hydrogen-bond acceptors (Lipinski definition) is 1. The largest absolute Gasteiger partial charge is 0.303 e. The van der Waals surface area contributed by atoms with E-state index in [4.69, 9.17) is 0 Å². The van der Waals surface area contributed by atoms with Crippen molar-refractivity contribution in [2.45, 2.75) is 71.1 Å². The molecule has 1 heteroatoms. The van der Waals surface area contributed by atoms with E-state index in [-0.39, 0.29) is 0 Å². The molecule has 0 fully saturated rings. The van der Waals surface area contributed by atoms with Crippen LogP contribution in [-0.4, -0.2) is 6.29 Å². The van der Waals surface area contributed by atoms with Gasteiger partial charge in [-0.05, 0) is 25.7 Å². The molecule has 0 atom stereocenters. The molecule has 98 valence electrons. The summed E-state index contributed by atoms with van der Waals surface area (Å²) in [5.74, 6) is 0. The van der Waals surface area contributed by atoms with Gasteiger partial charge in [-0.3, -0.25) is 0 Å². The van der Waals surface area contributed by atoms with Gasteiger partial charge in [-0.1, -0.05) is 63.3 Å². The van der Waals surface area contributed by atoms with E-state index in [9.17, 15) is 4.79 Å². The maximum Gasteiger partial charge on any atom is 0.119 e. The van der Waals surface area contributed by atoms with Gasteiger partial charge in [0.05, 0.1) is 0 Å². The van der Waals surface area contributed by atoms with Crippen LogP contribution in [0.2, 0.25) is 0 Å². The Kier molecular flexibility index (Phi) is 14.4. The maximum atomic E-state index is 10.1. The molecule has 0 amide bonds. The minimum atomic E-state index is 0.743. The number of carbonyl (C=O) groups excluding carboxylic acids is 1. The minimum absolute atomic E-state index is 0.743. The summed E-state index contributed by atoms with van der Waals surface area (Å²) in [4.78, 5) is 10.1. The van der Waals surface area contributed by atoms with Gasteiger partial charge < -0.3 is 4.79 Å². The van der Waals surface area contributed by atoms with Crippen molar-refractivity contribution in [1.29, 1.82) is 0 Å². The van der Waals surface area contributed by atoms with E-state index in [1.54, 1.807) is 0 Å². The highest BCUT2D eigenvalue weighted by molar-refractivity contribution is 5.48. The smallest absolute Gasteiger partial charge is 0.119 e. The van der Waals surface area contributed by atoms with E-state index < -0.39 is 0 Å². The van der Waals surface area contributed by atoms with Crippen LogP contribution in [0.25, 0.3) is 0 Å². The second-order valence-corrected chi connectivity index (χ2v) is 4.51. The molecule has 0 N–H and O–H groups in total. The molecule has 1 nitrogen and oxygen atoms in total. The molecule has 0 aliphatic carbocycles. The van der Waals surface area contributed by atoms with E-state index in [0.717, 1.165) is 19.1 Å². The van der Waals surface area contributed by atoms with Gasteiger partial charge >= 0.3 is 0 Å². The molecule has 0 radical (unpaired) electrons. The number of hydrogen-bond donors (Lipinski definition) is 0. The zero-order chi connectivity index (χ0) is 12.6. The number of rotatable bonds is 12. The van der Waals surface area contributed by atoms with Crippen LogP contribution in [-0.2, 0) is 4.79 Å². The standard InChI is InChI=1S/C16H28O/c1-2-3-4-5-6-7-8-9-10-11-12-13-14-15-16-17/h4-7,16H,2-3,8-15H2,1H3/b5-4+,7-6+. The van der Waals surface area contributed by atoms with E-state index in [2.05, 4.69) is 31.2 Å². The number of unbranched alkanes of at least 4 members (excludes halogenated alkanes) is 8. The maximum absolute atomic E-state index is 10.1. The predicted molar refractivity (Wildman–Crippen MR) is 76.2 cm³/mol. The predicted octanol–water partition coefficient (Wildman–Crippen LogP) is 5.22. The van der Waals surface area contributed by atoms with Gasteiger partial charge in [0.25, 0.3) is 0 Å². The van der Waals surface area contributed by atoms with Crippen LogP contribution in [0.5, 0.6) is 0 Å². The van der Waals surface area contributed by atoms with Crippen molar-refractivity contribution in [3.8, 4) is 0 Å². The third kappa shape index (κ3) is 15.1. The Hall–Kier alpha value is -0.850. The molecule has 0 unspecified atom stereocenters. The second-order valence-electron chi connectivity index (χ2n) is 4.51. The molecule has 0 aromatic heterocycles. The average molecular weight is 236 g/mol. The molecular formula is C16H28O. The van der Waals surface area contributed by atoms with Crippen LogP contribution in [0.1, 0.15) is 71.1 Å². The summed E-state index contributed by atoms with van der Waals surface area (Å²) in [5.41, 5.74) is 0. The van der Waals surface area contributed by atoms with Crippen LogP contribution in [0.15, 0.2) is 24.3 Å². The van der Waals surface area contributed by atoms with Crippen molar-refractivity contribution in [3.05, 3.63) is 24.3 Å². The molecule has 17 heavy (non-hydrogen) atoms. The highest BCUT2D eigenvalue weighted by atomic mass is 16.1. The molecular weight excluding hydrogens is 208 g/mol. The molecule has 0 aromatic rings. The summed E-state index contributed by atoms with van der Waals surface area (Å²) in [6, 6.07) is 0. The molecule has 0 saturated heterocycles. The van der Waals surface area contributed by atoms with Gasteiger partial charge in [0.1, 0.15) is 6.29 Å². The molecule has 0 aromatic carbocycles. The second kappa shape index (κ2) is 15.1. The zero-order valence-corrected chi connectivity index (χ0v) is 11.4. The summed E-state index contributed by atoms with van der Waals surface area (Å²) < 4.78 is 0. The van der Waals surface area contributed by atoms with Gasteiger partial charge in [-0.25, -0.2) is 0 Å². The lowest BCUT2D eigenvalue weighted by atomic mass is 10.1. The van der Waals surface area contributed by atoms with Gasteiger partial charge in [-0.15, -0.1) is 0 Å². The highest BCUT2D eigenvalue weighted by Gasteiger charge is 1.89. The highest BCUT2D eigenvalue weighted by Crippen LogP contribution is 2.08. The molecule has 0 heterocycles. The lowest BCUT2D eigenvalue weighted by molar-refractivity contribution is -0.107. The fraction of sp³-hybridized carbons (Fsp3) is 0.688. The number of aldehydes is 1. The quantitative estimate of drug-likeness (QED) is 0.258. The van der Waals surface area contributed by atoms with Crippen molar-refractivity contribution < 1.29 is 4.79 Å². The molecule has 0 rings (SSSR count). The van der Waals surface area contributed by atoms with Gasteiger partial charge in [0.15, 0.2) is 0 Å². The Morgan fingerprint density at radius 2 is 1.24 bits per heavy atom. The number of allylic oxidation sites excluding steroid dienone is 4. The van der Waals surface area contributed by atoms with Crippen LogP contribution >= 0.6 is 0 Å². The van der Waals surface area contributed by atoms with E-state index in [0.29, 0.717) is 0 Å². The summed E-state index contributed by atoms with van der Waals surface area (Å²) >= 11 is 0. The topological polar surface area (TPSA) is 17.1 Å². The van der Waals surface area contributed by atoms with Gasteiger partial charge in [-0.2, -0.15) is 0 Å². The molecule has 0 spiro atoms. The summed E-state index contributed by atoms with van der Waals surface area (Å²) in [7, 11) is 0. The van der Waals surface area contributed by atoms with Gasteiger partial charge in [0, 0.05) is 6.42 Å². The Morgan fingerprint density at radius 3 is 1.82 bits per heavy atom.